The molecule has 0 bridgehead atoms. The van der Waals surface area contributed by atoms with Gasteiger partial charge in [-0.3, -0.25) is 0 Å². The molecular weight excluding hydrogens is 308 g/mol. The van der Waals surface area contributed by atoms with E-state index in [2.05, 4.69) is 16.9 Å². The van der Waals surface area contributed by atoms with Gasteiger partial charge in [-0.2, -0.15) is 0 Å². The minimum Gasteiger partial charge on any atom is -0.478 e. The van der Waals surface area contributed by atoms with Crippen LogP contribution in [0.25, 0.3) is 11.5 Å². The molecule has 2 aromatic rings. The molecular formula is C18H24N2O4. The van der Waals surface area contributed by atoms with Crippen molar-refractivity contribution in [2.45, 2.75) is 46.0 Å². The zero-order valence-electron chi connectivity index (χ0n) is 14.3. The van der Waals surface area contributed by atoms with Gasteiger partial charge in [-0.1, -0.05) is 32.6 Å². The Balaban J connectivity index is 1.91. The lowest BCUT2D eigenvalue weighted by Gasteiger charge is -2.05. The first kappa shape index (κ1) is 18.0. The first-order valence-corrected chi connectivity index (χ1v) is 8.46. The molecule has 24 heavy (non-hydrogen) atoms. The molecule has 0 aliphatic rings. The molecule has 2 rings (SSSR count). The summed E-state index contributed by atoms with van der Waals surface area (Å²) < 4.78 is 15.9. The number of carbonyl (C=O) groups excluding carboxylic acids is 1. The van der Waals surface area contributed by atoms with E-state index in [1.165, 1.54) is 25.5 Å². The van der Waals surface area contributed by atoms with Gasteiger partial charge in [0.1, 0.15) is 6.26 Å². The van der Waals surface area contributed by atoms with Crippen molar-refractivity contribution in [3.05, 3.63) is 30.3 Å². The van der Waals surface area contributed by atoms with Crippen LogP contribution in [0.5, 0.6) is 5.88 Å². The zero-order valence-corrected chi connectivity index (χ0v) is 14.3. The van der Waals surface area contributed by atoms with Crippen molar-refractivity contribution >= 4 is 5.97 Å². The van der Waals surface area contributed by atoms with E-state index in [4.69, 9.17) is 13.9 Å². The maximum atomic E-state index is 11.6. The fourth-order valence-electron chi connectivity index (χ4n) is 2.21. The Kier molecular flexibility index (Phi) is 7.26. The van der Waals surface area contributed by atoms with Crippen molar-refractivity contribution < 1.29 is 18.7 Å². The Bertz CT molecular complexity index is 639. The number of hydrogen-bond donors (Lipinski definition) is 0. The molecule has 0 spiro atoms. The monoisotopic (exact) mass is 332 g/mol. The molecule has 0 atom stereocenters. The van der Waals surface area contributed by atoms with Crippen LogP contribution in [-0.4, -0.2) is 29.2 Å². The smallest absolute Gasteiger partial charge is 0.360 e. The van der Waals surface area contributed by atoms with Crippen molar-refractivity contribution in [3.63, 3.8) is 0 Å². The number of esters is 1. The highest BCUT2D eigenvalue weighted by Crippen LogP contribution is 2.22. The number of unbranched alkanes of at least 4 members (excludes halogenated alkanes) is 4. The van der Waals surface area contributed by atoms with Crippen LogP contribution in [0.2, 0.25) is 0 Å². The topological polar surface area (TPSA) is 74.5 Å². The van der Waals surface area contributed by atoms with Gasteiger partial charge in [0.25, 0.3) is 0 Å². The molecule has 6 heteroatoms. The summed E-state index contributed by atoms with van der Waals surface area (Å²) in [4.78, 5) is 20.0. The SMILES string of the molecule is CCCCCCCOc1cc(-c2nc(C(=O)OCC)co2)ccn1. The van der Waals surface area contributed by atoms with Gasteiger partial charge in [0.2, 0.25) is 11.8 Å². The fraction of sp³-hybridized carbons (Fsp3) is 0.500. The molecule has 2 aromatic heterocycles. The number of oxazole rings is 1. The first-order chi connectivity index (χ1) is 11.7. The van der Waals surface area contributed by atoms with Crippen molar-refractivity contribution in [1.82, 2.24) is 9.97 Å². The maximum Gasteiger partial charge on any atom is 0.360 e. The summed E-state index contributed by atoms with van der Waals surface area (Å²) in [6, 6.07) is 3.52. The number of aromatic nitrogens is 2. The predicted octanol–water partition coefficient (Wildman–Crippen LogP) is 4.26. The van der Waals surface area contributed by atoms with E-state index in [-0.39, 0.29) is 5.69 Å². The molecule has 0 amide bonds. The van der Waals surface area contributed by atoms with Crippen LogP contribution in [0.4, 0.5) is 0 Å². The molecule has 0 aromatic carbocycles. The second kappa shape index (κ2) is 9.70. The van der Waals surface area contributed by atoms with Crippen molar-refractivity contribution in [3.8, 4) is 17.3 Å². The molecule has 0 fully saturated rings. The average molecular weight is 332 g/mol. The van der Waals surface area contributed by atoms with E-state index >= 15 is 0 Å². The molecule has 6 nitrogen and oxygen atoms in total. The minimum atomic E-state index is -0.495. The predicted molar refractivity (Wildman–Crippen MR) is 89.9 cm³/mol. The highest BCUT2D eigenvalue weighted by molar-refractivity contribution is 5.87. The molecule has 0 N–H and O–H groups in total. The third kappa shape index (κ3) is 5.37. The van der Waals surface area contributed by atoms with Crippen molar-refractivity contribution in [2.75, 3.05) is 13.2 Å². The standard InChI is InChI=1S/C18H24N2O4/c1-3-5-6-7-8-11-23-16-12-14(9-10-19-16)17-20-15(13-24-17)18(21)22-4-2/h9-10,12-13H,3-8,11H2,1-2H3. The number of nitrogens with zero attached hydrogens (tertiary/aromatic N) is 2. The summed E-state index contributed by atoms with van der Waals surface area (Å²) in [7, 11) is 0. The highest BCUT2D eigenvalue weighted by atomic mass is 16.5. The summed E-state index contributed by atoms with van der Waals surface area (Å²) in [6.45, 7) is 4.88. The Morgan fingerprint density at radius 3 is 2.83 bits per heavy atom. The third-order valence-electron chi connectivity index (χ3n) is 3.47. The summed E-state index contributed by atoms with van der Waals surface area (Å²) in [5.74, 6) is 0.372. The van der Waals surface area contributed by atoms with Gasteiger partial charge >= 0.3 is 5.97 Å². The van der Waals surface area contributed by atoms with E-state index < -0.39 is 5.97 Å². The van der Waals surface area contributed by atoms with Crippen LogP contribution in [0, 0.1) is 0 Å². The molecule has 0 aliphatic carbocycles. The van der Waals surface area contributed by atoms with Crippen molar-refractivity contribution in [2.24, 2.45) is 0 Å². The van der Waals surface area contributed by atoms with Crippen LogP contribution in [-0.2, 0) is 4.74 Å². The van der Waals surface area contributed by atoms with Crippen LogP contribution in [0.3, 0.4) is 0 Å². The van der Waals surface area contributed by atoms with E-state index in [1.807, 2.05) is 0 Å². The highest BCUT2D eigenvalue weighted by Gasteiger charge is 2.14. The molecule has 2 heterocycles. The Morgan fingerprint density at radius 2 is 2.04 bits per heavy atom. The number of rotatable bonds is 10. The second-order valence-corrected chi connectivity index (χ2v) is 5.40. The summed E-state index contributed by atoms with van der Waals surface area (Å²) >= 11 is 0. The van der Waals surface area contributed by atoms with Crippen LogP contribution in [0.1, 0.15) is 56.4 Å². The molecule has 0 saturated carbocycles. The summed E-state index contributed by atoms with van der Waals surface area (Å²) in [5, 5.41) is 0. The van der Waals surface area contributed by atoms with E-state index in [0.717, 1.165) is 12.8 Å². The van der Waals surface area contributed by atoms with E-state index in [9.17, 15) is 4.79 Å². The lowest BCUT2D eigenvalue weighted by atomic mass is 10.2. The zero-order chi connectivity index (χ0) is 17.2. The molecule has 0 unspecified atom stereocenters. The quantitative estimate of drug-likeness (QED) is 0.478. The summed E-state index contributed by atoms with van der Waals surface area (Å²) in [5.41, 5.74) is 0.864. The fourth-order valence-corrected chi connectivity index (χ4v) is 2.21. The Morgan fingerprint density at radius 1 is 1.21 bits per heavy atom. The van der Waals surface area contributed by atoms with Gasteiger partial charge in [0, 0.05) is 17.8 Å². The summed E-state index contributed by atoms with van der Waals surface area (Å²) in [6.07, 6.45) is 8.83. The molecule has 0 aliphatic heterocycles. The Labute approximate surface area is 142 Å². The van der Waals surface area contributed by atoms with E-state index in [1.54, 1.807) is 25.3 Å². The maximum absolute atomic E-state index is 11.6. The average Bonchev–Trinajstić information content (AvgIpc) is 3.09. The van der Waals surface area contributed by atoms with Gasteiger partial charge < -0.3 is 13.9 Å². The number of hydrogen-bond acceptors (Lipinski definition) is 6. The largest absolute Gasteiger partial charge is 0.478 e. The lowest BCUT2D eigenvalue weighted by Crippen LogP contribution is -2.04. The number of pyridine rings is 1. The first-order valence-electron chi connectivity index (χ1n) is 8.46. The molecule has 130 valence electrons. The normalized spacial score (nSPS) is 10.6. The lowest BCUT2D eigenvalue weighted by molar-refractivity contribution is 0.0519. The van der Waals surface area contributed by atoms with E-state index in [0.29, 0.717) is 30.5 Å². The van der Waals surface area contributed by atoms with Gasteiger partial charge in [-0.15, -0.1) is 0 Å². The van der Waals surface area contributed by atoms with Gasteiger partial charge in [-0.25, -0.2) is 14.8 Å². The second-order valence-electron chi connectivity index (χ2n) is 5.40. The molecule has 0 radical (unpaired) electrons. The minimum absolute atomic E-state index is 0.155. The van der Waals surface area contributed by atoms with Gasteiger partial charge in [-0.05, 0) is 19.4 Å². The number of carbonyl (C=O) groups is 1. The number of ether oxygens (including phenoxy) is 2. The molecule has 0 saturated heterocycles. The van der Waals surface area contributed by atoms with Gasteiger partial charge in [0.05, 0.1) is 13.2 Å². The van der Waals surface area contributed by atoms with Crippen LogP contribution < -0.4 is 4.74 Å². The van der Waals surface area contributed by atoms with Gasteiger partial charge in [0.15, 0.2) is 5.69 Å². The van der Waals surface area contributed by atoms with Crippen molar-refractivity contribution in [1.29, 1.82) is 0 Å². The third-order valence-corrected chi connectivity index (χ3v) is 3.47. The van der Waals surface area contributed by atoms with Crippen LogP contribution in [0.15, 0.2) is 29.0 Å². The Hall–Kier alpha value is -2.37. The van der Waals surface area contributed by atoms with Crippen LogP contribution >= 0.6 is 0 Å².